The first-order valence-corrected chi connectivity index (χ1v) is 7.44. The summed E-state index contributed by atoms with van der Waals surface area (Å²) in [6.07, 6.45) is 0. The van der Waals surface area contributed by atoms with E-state index in [2.05, 4.69) is 10.3 Å². The van der Waals surface area contributed by atoms with Crippen molar-refractivity contribution in [3.63, 3.8) is 0 Å². The van der Waals surface area contributed by atoms with Crippen molar-refractivity contribution >= 4 is 28.5 Å². The largest absolute Gasteiger partial charge is 0.465 e. The molecule has 0 aliphatic carbocycles. The fourth-order valence-electron chi connectivity index (χ4n) is 2.38. The van der Waals surface area contributed by atoms with Crippen molar-refractivity contribution in [1.29, 1.82) is 0 Å². The van der Waals surface area contributed by atoms with Crippen LogP contribution in [0.4, 0.5) is 5.69 Å². The van der Waals surface area contributed by atoms with Crippen LogP contribution in [0, 0.1) is 6.92 Å². The van der Waals surface area contributed by atoms with E-state index in [0.717, 1.165) is 16.5 Å². The molecular formula is C19H16N2O3. The maximum Gasteiger partial charge on any atom is 0.337 e. The van der Waals surface area contributed by atoms with E-state index in [9.17, 15) is 9.59 Å². The number of pyridine rings is 1. The van der Waals surface area contributed by atoms with Gasteiger partial charge in [-0.05, 0) is 36.8 Å². The monoisotopic (exact) mass is 320 g/mol. The van der Waals surface area contributed by atoms with Crippen LogP contribution >= 0.6 is 0 Å². The molecule has 0 bridgehead atoms. The van der Waals surface area contributed by atoms with Crippen molar-refractivity contribution in [2.45, 2.75) is 6.92 Å². The number of nitrogens with one attached hydrogen (secondary N) is 1. The topological polar surface area (TPSA) is 68.3 Å². The van der Waals surface area contributed by atoms with Gasteiger partial charge in [0.15, 0.2) is 0 Å². The number of hydrogen-bond acceptors (Lipinski definition) is 4. The quantitative estimate of drug-likeness (QED) is 0.749. The molecule has 0 spiro atoms. The Balaban J connectivity index is 1.89. The lowest BCUT2D eigenvalue weighted by molar-refractivity contribution is 0.0600. The zero-order chi connectivity index (χ0) is 17.1. The number of ether oxygens (including phenoxy) is 1. The normalized spacial score (nSPS) is 10.4. The molecule has 0 saturated heterocycles. The molecule has 24 heavy (non-hydrogen) atoms. The van der Waals surface area contributed by atoms with Crippen LogP contribution in [0.25, 0.3) is 10.9 Å². The molecule has 0 unspecified atom stereocenters. The van der Waals surface area contributed by atoms with E-state index in [0.29, 0.717) is 16.9 Å². The van der Waals surface area contributed by atoms with Crippen molar-refractivity contribution in [1.82, 2.24) is 4.98 Å². The predicted octanol–water partition coefficient (Wildman–Crippen LogP) is 3.58. The molecule has 0 saturated carbocycles. The van der Waals surface area contributed by atoms with Crippen molar-refractivity contribution in [2.24, 2.45) is 0 Å². The smallest absolute Gasteiger partial charge is 0.337 e. The van der Waals surface area contributed by atoms with E-state index < -0.39 is 5.97 Å². The van der Waals surface area contributed by atoms with Gasteiger partial charge in [-0.1, -0.05) is 30.3 Å². The Hall–Kier alpha value is -3.21. The first-order valence-electron chi connectivity index (χ1n) is 7.44. The fourth-order valence-corrected chi connectivity index (χ4v) is 2.38. The number of para-hydroxylation sites is 1. The lowest BCUT2D eigenvalue weighted by Crippen LogP contribution is -2.15. The molecule has 3 aromatic rings. The summed E-state index contributed by atoms with van der Waals surface area (Å²) in [6.45, 7) is 1.85. The van der Waals surface area contributed by atoms with Crippen LogP contribution < -0.4 is 5.32 Å². The number of amides is 1. The fraction of sp³-hybridized carbons (Fsp3) is 0.105. The Labute approximate surface area is 139 Å². The van der Waals surface area contributed by atoms with E-state index in [-0.39, 0.29) is 5.91 Å². The summed E-state index contributed by atoms with van der Waals surface area (Å²) in [5.74, 6) is -0.778. The molecule has 5 heteroatoms. The number of esters is 1. The molecule has 1 amide bonds. The molecule has 0 fully saturated rings. The Morgan fingerprint density at radius 2 is 1.83 bits per heavy atom. The van der Waals surface area contributed by atoms with Crippen LogP contribution in [0.1, 0.15) is 26.4 Å². The number of hydrogen-bond donors (Lipinski definition) is 1. The SMILES string of the molecule is COC(=O)c1ccc(C)c(NC(=O)c2ccc3ccccc3n2)c1. The van der Waals surface area contributed by atoms with E-state index in [1.165, 1.54) is 7.11 Å². The Bertz CT molecular complexity index is 935. The molecule has 5 nitrogen and oxygen atoms in total. The van der Waals surface area contributed by atoms with E-state index >= 15 is 0 Å². The highest BCUT2D eigenvalue weighted by Crippen LogP contribution is 2.19. The molecule has 0 atom stereocenters. The Kier molecular flexibility index (Phi) is 4.24. The van der Waals surface area contributed by atoms with Crippen molar-refractivity contribution in [3.05, 3.63) is 71.4 Å². The molecular weight excluding hydrogens is 304 g/mol. The predicted molar refractivity (Wildman–Crippen MR) is 92.2 cm³/mol. The minimum atomic E-state index is -0.450. The number of aromatic nitrogens is 1. The Morgan fingerprint density at radius 1 is 1.04 bits per heavy atom. The average Bonchev–Trinajstić information content (AvgIpc) is 2.62. The first-order chi connectivity index (χ1) is 11.6. The number of carbonyl (C=O) groups is 2. The van der Waals surface area contributed by atoms with E-state index in [1.807, 2.05) is 37.3 Å². The number of nitrogens with zero attached hydrogens (tertiary/aromatic N) is 1. The highest BCUT2D eigenvalue weighted by molar-refractivity contribution is 6.05. The zero-order valence-corrected chi connectivity index (χ0v) is 13.4. The average molecular weight is 320 g/mol. The van der Waals surface area contributed by atoms with Gasteiger partial charge in [-0.25, -0.2) is 9.78 Å². The van der Waals surface area contributed by atoms with Gasteiger partial charge in [0.1, 0.15) is 5.69 Å². The van der Waals surface area contributed by atoms with Gasteiger partial charge >= 0.3 is 5.97 Å². The molecule has 120 valence electrons. The van der Waals surface area contributed by atoms with Crippen LogP contribution in [0.3, 0.4) is 0 Å². The minimum Gasteiger partial charge on any atom is -0.465 e. The van der Waals surface area contributed by atoms with Gasteiger partial charge in [-0.3, -0.25) is 4.79 Å². The summed E-state index contributed by atoms with van der Waals surface area (Å²) in [7, 11) is 1.32. The van der Waals surface area contributed by atoms with Gasteiger partial charge in [0, 0.05) is 11.1 Å². The van der Waals surface area contributed by atoms with Gasteiger partial charge in [0.2, 0.25) is 0 Å². The summed E-state index contributed by atoms with van der Waals surface area (Å²) >= 11 is 0. The molecule has 1 N–H and O–H groups in total. The van der Waals surface area contributed by atoms with Crippen LogP contribution in [-0.2, 0) is 4.74 Å². The molecule has 0 radical (unpaired) electrons. The summed E-state index contributed by atoms with van der Waals surface area (Å²) in [5, 5.41) is 3.77. The third-order valence-corrected chi connectivity index (χ3v) is 3.74. The number of rotatable bonds is 3. The van der Waals surface area contributed by atoms with Crippen LogP contribution in [0.2, 0.25) is 0 Å². The lowest BCUT2D eigenvalue weighted by atomic mass is 10.1. The third-order valence-electron chi connectivity index (χ3n) is 3.74. The molecule has 0 aliphatic rings. The second-order valence-corrected chi connectivity index (χ2v) is 5.36. The molecule has 2 aromatic carbocycles. The maximum atomic E-state index is 12.5. The van der Waals surface area contributed by atoms with Crippen LogP contribution in [0.5, 0.6) is 0 Å². The van der Waals surface area contributed by atoms with Crippen molar-refractivity contribution in [3.8, 4) is 0 Å². The Morgan fingerprint density at radius 3 is 2.62 bits per heavy atom. The number of anilines is 1. The second-order valence-electron chi connectivity index (χ2n) is 5.36. The number of carbonyl (C=O) groups excluding carboxylic acids is 2. The van der Waals surface area contributed by atoms with Gasteiger partial charge in [-0.15, -0.1) is 0 Å². The minimum absolute atomic E-state index is 0.316. The molecule has 1 heterocycles. The summed E-state index contributed by atoms with van der Waals surface area (Å²) in [4.78, 5) is 28.5. The lowest BCUT2D eigenvalue weighted by Gasteiger charge is -2.10. The first kappa shape index (κ1) is 15.7. The number of benzene rings is 2. The number of fused-ring (bicyclic) bond motifs is 1. The van der Waals surface area contributed by atoms with Crippen molar-refractivity contribution < 1.29 is 14.3 Å². The zero-order valence-electron chi connectivity index (χ0n) is 13.4. The molecule has 1 aromatic heterocycles. The summed E-state index contributed by atoms with van der Waals surface area (Å²) in [6, 6.07) is 16.1. The highest BCUT2D eigenvalue weighted by atomic mass is 16.5. The van der Waals surface area contributed by atoms with E-state index in [4.69, 9.17) is 4.74 Å². The van der Waals surface area contributed by atoms with E-state index in [1.54, 1.807) is 24.3 Å². The van der Waals surface area contributed by atoms with Crippen LogP contribution in [-0.4, -0.2) is 24.0 Å². The highest BCUT2D eigenvalue weighted by Gasteiger charge is 2.13. The maximum absolute atomic E-state index is 12.5. The summed E-state index contributed by atoms with van der Waals surface area (Å²) in [5.41, 5.74) is 2.85. The van der Waals surface area contributed by atoms with Gasteiger partial charge in [-0.2, -0.15) is 0 Å². The van der Waals surface area contributed by atoms with Gasteiger partial charge in [0.05, 0.1) is 18.2 Å². The van der Waals surface area contributed by atoms with Crippen LogP contribution in [0.15, 0.2) is 54.6 Å². The number of methoxy groups -OCH3 is 1. The van der Waals surface area contributed by atoms with Gasteiger partial charge < -0.3 is 10.1 Å². The standard InChI is InChI=1S/C19H16N2O3/c1-12-7-8-14(19(23)24-2)11-17(12)21-18(22)16-10-9-13-5-3-4-6-15(13)20-16/h3-11H,1-2H3,(H,21,22). The van der Waals surface area contributed by atoms with Gasteiger partial charge in [0.25, 0.3) is 5.91 Å². The third kappa shape index (κ3) is 3.10. The molecule has 3 rings (SSSR count). The van der Waals surface area contributed by atoms with Crippen molar-refractivity contribution in [2.75, 3.05) is 12.4 Å². The summed E-state index contributed by atoms with van der Waals surface area (Å²) < 4.78 is 4.70. The second kappa shape index (κ2) is 6.50. The molecule has 0 aliphatic heterocycles. The number of aryl methyl sites for hydroxylation is 1.